The van der Waals surface area contributed by atoms with Crippen molar-refractivity contribution < 1.29 is 10.2 Å². The quantitative estimate of drug-likeness (QED) is 0.731. The van der Waals surface area contributed by atoms with Gasteiger partial charge < -0.3 is 10.2 Å². The molecule has 0 fully saturated rings. The van der Waals surface area contributed by atoms with Crippen LogP contribution in [0.3, 0.4) is 0 Å². The highest BCUT2D eigenvalue weighted by Crippen LogP contribution is 2.34. The topological polar surface area (TPSA) is 40.5 Å². The van der Waals surface area contributed by atoms with Gasteiger partial charge in [0.2, 0.25) is 0 Å². The summed E-state index contributed by atoms with van der Waals surface area (Å²) in [5.41, 5.74) is 5.10. The van der Waals surface area contributed by atoms with E-state index >= 15 is 0 Å². The van der Waals surface area contributed by atoms with Crippen molar-refractivity contribution in [3.8, 4) is 22.6 Å². The zero-order valence-corrected chi connectivity index (χ0v) is 10.3. The molecule has 0 bridgehead atoms. The second-order valence-electron chi connectivity index (χ2n) is 4.46. The van der Waals surface area contributed by atoms with Gasteiger partial charge in [0.25, 0.3) is 0 Å². The van der Waals surface area contributed by atoms with Crippen LogP contribution in [0, 0.1) is 20.8 Å². The first-order valence-corrected chi connectivity index (χ1v) is 5.59. The molecule has 0 atom stereocenters. The highest BCUT2D eigenvalue weighted by atomic mass is 16.3. The first-order valence-electron chi connectivity index (χ1n) is 5.59. The Hall–Kier alpha value is -1.96. The van der Waals surface area contributed by atoms with E-state index in [1.54, 1.807) is 13.0 Å². The third-order valence-corrected chi connectivity index (χ3v) is 3.12. The number of aromatic hydroxyl groups is 2. The highest BCUT2D eigenvalue weighted by molar-refractivity contribution is 5.69. The number of hydrogen-bond donors (Lipinski definition) is 2. The fourth-order valence-corrected chi connectivity index (χ4v) is 1.85. The van der Waals surface area contributed by atoms with E-state index in [-0.39, 0.29) is 11.5 Å². The van der Waals surface area contributed by atoms with Crippen molar-refractivity contribution in [2.45, 2.75) is 20.8 Å². The minimum Gasteiger partial charge on any atom is -0.504 e. The molecule has 0 heterocycles. The monoisotopic (exact) mass is 228 g/mol. The number of phenolic OH excluding ortho intramolecular Hbond substituents is 2. The summed E-state index contributed by atoms with van der Waals surface area (Å²) in [6.07, 6.45) is 0. The van der Waals surface area contributed by atoms with E-state index in [2.05, 4.69) is 26.0 Å². The van der Waals surface area contributed by atoms with Gasteiger partial charge in [0, 0.05) is 0 Å². The van der Waals surface area contributed by atoms with Crippen molar-refractivity contribution in [2.24, 2.45) is 0 Å². The van der Waals surface area contributed by atoms with Gasteiger partial charge in [-0.05, 0) is 60.7 Å². The van der Waals surface area contributed by atoms with Gasteiger partial charge >= 0.3 is 0 Å². The number of benzene rings is 2. The fraction of sp³-hybridized carbons (Fsp3) is 0.200. The maximum absolute atomic E-state index is 9.62. The normalized spacial score (nSPS) is 10.5. The molecule has 2 aromatic carbocycles. The molecular formula is C15H16O2. The molecule has 0 aliphatic heterocycles. The summed E-state index contributed by atoms with van der Waals surface area (Å²) in [7, 11) is 0. The predicted molar refractivity (Wildman–Crippen MR) is 69.4 cm³/mol. The zero-order valence-electron chi connectivity index (χ0n) is 10.3. The second-order valence-corrected chi connectivity index (χ2v) is 4.46. The molecule has 0 saturated heterocycles. The van der Waals surface area contributed by atoms with E-state index in [9.17, 15) is 10.2 Å². The van der Waals surface area contributed by atoms with Crippen LogP contribution >= 0.6 is 0 Å². The molecule has 88 valence electrons. The summed E-state index contributed by atoms with van der Waals surface area (Å²) in [6, 6.07) is 9.63. The molecule has 0 amide bonds. The van der Waals surface area contributed by atoms with Gasteiger partial charge in [-0.25, -0.2) is 0 Å². The Balaban J connectivity index is 2.57. The zero-order chi connectivity index (χ0) is 12.6. The van der Waals surface area contributed by atoms with Gasteiger partial charge in [0.1, 0.15) is 0 Å². The van der Waals surface area contributed by atoms with Crippen molar-refractivity contribution in [1.82, 2.24) is 0 Å². The summed E-state index contributed by atoms with van der Waals surface area (Å²) in [6.45, 7) is 5.91. The summed E-state index contributed by atoms with van der Waals surface area (Å²) in [4.78, 5) is 0. The second kappa shape index (κ2) is 4.13. The maximum atomic E-state index is 9.62. The molecule has 2 N–H and O–H groups in total. The van der Waals surface area contributed by atoms with Crippen molar-refractivity contribution in [3.05, 3.63) is 47.0 Å². The molecule has 0 saturated carbocycles. The molecule has 0 radical (unpaired) electrons. The van der Waals surface area contributed by atoms with Crippen LogP contribution in [0.25, 0.3) is 11.1 Å². The number of hydrogen-bond acceptors (Lipinski definition) is 2. The maximum Gasteiger partial charge on any atom is 0.160 e. The Morgan fingerprint density at radius 2 is 1.35 bits per heavy atom. The highest BCUT2D eigenvalue weighted by Gasteiger charge is 2.07. The third kappa shape index (κ3) is 2.11. The Labute approximate surface area is 101 Å². The number of aryl methyl sites for hydroxylation is 3. The Kier molecular flexibility index (Phi) is 2.80. The molecule has 0 spiro atoms. The largest absolute Gasteiger partial charge is 0.504 e. The molecule has 17 heavy (non-hydrogen) atoms. The van der Waals surface area contributed by atoms with Gasteiger partial charge in [-0.3, -0.25) is 0 Å². The first kappa shape index (κ1) is 11.5. The van der Waals surface area contributed by atoms with E-state index in [1.807, 2.05) is 12.1 Å². The van der Waals surface area contributed by atoms with E-state index in [1.165, 1.54) is 11.1 Å². The van der Waals surface area contributed by atoms with Crippen molar-refractivity contribution in [2.75, 3.05) is 0 Å². The van der Waals surface area contributed by atoms with Crippen molar-refractivity contribution in [1.29, 1.82) is 0 Å². The molecule has 0 aliphatic carbocycles. The Bertz CT molecular complexity index is 548. The summed E-state index contributed by atoms with van der Waals surface area (Å²) >= 11 is 0. The van der Waals surface area contributed by atoms with Gasteiger partial charge in [-0.2, -0.15) is 0 Å². The lowest BCUT2D eigenvalue weighted by Gasteiger charge is -2.09. The molecule has 2 heteroatoms. The molecule has 0 aromatic heterocycles. The molecule has 0 aliphatic rings. The number of phenols is 2. The van der Waals surface area contributed by atoms with Crippen LogP contribution in [-0.2, 0) is 0 Å². The first-order chi connectivity index (χ1) is 7.99. The Morgan fingerprint density at radius 1 is 0.706 bits per heavy atom. The van der Waals surface area contributed by atoms with Crippen LogP contribution in [0.4, 0.5) is 0 Å². The third-order valence-electron chi connectivity index (χ3n) is 3.12. The predicted octanol–water partition coefficient (Wildman–Crippen LogP) is 3.69. The summed E-state index contributed by atoms with van der Waals surface area (Å²) in [5.74, 6) is -0.115. The van der Waals surface area contributed by atoms with Gasteiger partial charge in [-0.1, -0.05) is 18.2 Å². The lowest BCUT2D eigenvalue weighted by atomic mass is 9.98. The van der Waals surface area contributed by atoms with Crippen LogP contribution in [0.2, 0.25) is 0 Å². The van der Waals surface area contributed by atoms with Crippen LogP contribution in [-0.4, -0.2) is 10.2 Å². The Morgan fingerprint density at radius 3 is 1.94 bits per heavy atom. The average Bonchev–Trinajstić information content (AvgIpc) is 2.29. The minimum atomic E-state index is -0.0711. The number of rotatable bonds is 1. The van der Waals surface area contributed by atoms with Crippen LogP contribution in [0.15, 0.2) is 30.3 Å². The van der Waals surface area contributed by atoms with Gasteiger partial charge in [0.15, 0.2) is 11.5 Å². The molecule has 2 aromatic rings. The molecule has 0 unspecified atom stereocenters. The standard InChI is InChI=1S/C15H16O2/c1-9-4-5-12(6-10(9)2)13-7-11(3)15(17)14(16)8-13/h4-8,16-17H,1-3H3. The summed E-state index contributed by atoms with van der Waals surface area (Å²) in [5, 5.41) is 19.1. The van der Waals surface area contributed by atoms with Crippen LogP contribution in [0.1, 0.15) is 16.7 Å². The van der Waals surface area contributed by atoms with Crippen LogP contribution < -0.4 is 0 Å². The van der Waals surface area contributed by atoms with Gasteiger partial charge in [0.05, 0.1) is 0 Å². The molecule has 2 rings (SSSR count). The van der Waals surface area contributed by atoms with Crippen LogP contribution in [0.5, 0.6) is 11.5 Å². The molecule has 2 nitrogen and oxygen atoms in total. The average molecular weight is 228 g/mol. The molecular weight excluding hydrogens is 212 g/mol. The fourth-order valence-electron chi connectivity index (χ4n) is 1.85. The van der Waals surface area contributed by atoms with E-state index in [4.69, 9.17) is 0 Å². The smallest absolute Gasteiger partial charge is 0.160 e. The van der Waals surface area contributed by atoms with Crippen molar-refractivity contribution >= 4 is 0 Å². The van der Waals surface area contributed by atoms with E-state index < -0.39 is 0 Å². The lowest BCUT2D eigenvalue weighted by molar-refractivity contribution is 0.401. The van der Waals surface area contributed by atoms with E-state index in [0.717, 1.165) is 11.1 Å². The minimum absolute atomic E-state index is 0.0439. The van der Waals surface area contributed by atoms with Gasteiger partial charge in [-0.15, -0.1) is 0 Å². The summed E-state index contributed by atoms with van der Waals surface area (Å²) < 4.78 is 0. The lowest BCUT2D eigenvalue weighted by Crippen LogP contribution is -1.85. The van der Waals surface area contributed by atoms with E-state index in [0.29, 0.717) is 5.56 Å². The SMILES string of the molecule is Cc1ccc(-c2cc(C)c(O)c(O)c2)cc1C. The van der Waals surface area contributed by atoms with Crippen molar-refractivity contribution in [3.63, 3.8) is 0 Å².